The molecule has 1 fully saturated rings. The monoisotopic (exact) mass is 604 g/mol. The maximum absolute atomic E-state index is 12.0. The van der Waals surface area contributed by atoms with Crippen molar-refractivity contribution in [3.05, 3.63) is 81.3 Å². The molecular weight excluding hydrogens is 579 g/mol. The van der Waals surface area contributed by atoms with Crippen LogP contribution < -0.4 is 10.6 Å². The average Bonchev–Trinajstić information content (AvgIpc) is 3.48. The third-order valence-electron chi connectivity index (χ3n) is 7.23. The number of nitrogens with zero attached hydrogens (tertiary/aromatic N) is 4. The molecule has 4 atom stereocenters. The summed E-state index contributed by atoms with van der Waals surface area (Å²) in [5, 5.41) is 40.2. The van der Waals surface area contributed by atoms with E-state index in [0.29, 0.717) is 32.3 Å². The Labute approximate surface area is 245 Å². The van der Waals surface area contributed by atoms with Gasteiger partial charge in [0.2, 0.25) is 11.2 Å². The zero-order valence-corrected chi connectivity index (χ0v) is 23.6. The maximum atomic E-state index is 12.0. The van der Waals surface area contributed by atoms with Gasteiger partial charge in [0.25, 0.3) is 0 Å². The second kappa shape index (κ2) is 11.5. The van der Waals surface area contributed by atoms with E-state index >= 15 is 0 Å². The molecule has 5 N–H and O–H groups in total. The Morgan fingerprint density at radius 3 is 2.17 bits per heavy atom. The number of imidazole rings is 1. The van der Waals surface area contributed by atoms with E-state index in [0.717, 1.165) is 0 Å². The first-order valence-electron chi connectivity index (χ1n) is 12.6. The van der Waals surface area contributed by atoms with Crippen molar-refractivity contribution in [2.75, 3.05) is 11.9 Å². The van der Waals surface area contributed by atoms with Gasteiger partial charge < -0.3 is 30.5 Å². The number of halogens is 3. The maximum Gasteiger partial charge on any atom is 0.226 e. The van der Waals surface area contributed by atoms with Crippen LogP contribution in [0.5, 0.6) is 0 Å². The first-order chi connectivity index (χ1) is 19.1. The number of carbonyl (C=O) groups is 1. The van der Waals surface area contributed by atoms with E-state index in [4.69, 9.17) is 34.8 Å². The van der Waals surface area contributed by atoms with E-state index in [1.165, 1.54) is 6.33 Å². The standard InChI is InChI=1S/C27H27Cl3N6O4/c1-2-20(37)33-18-11-19(23(39)22(18)38)36-13-32-21-24(34-26(30)35-25(21)36)31-12-27(40,14-3-7-16(28)8-4-14)15-5-9-17(29)10-6-15/h3-10,13,18-19,22-23,38-40H,2,11-12H2,1H3,(H,33,37)(H,31,34,35)/t18-,19+,22+,23-/m0/s1. The lowest BCUT2D eigenvalue weighted by molar-refractivity contribution is -0.122. The molecule has 1 aliphatic carbocycles. The quantitative estimate of drug-likeness (QED) is 0.191. The van der Waals surface area contributed by atoms with Crippen LogP contribution in [0.4, 0.5) is 5.82 Å². The van der Waals surface area contributed by atoms with Gasteiger partial charge in [-0.25, -0.2) is 4.98 Å². The highest BCUT2D eigenvalue weighted by atomic mass is 35.5. The number of aromatic nitrogens is 4. The van der Waals surface area contributed by atoms with E-state index in [1.54, 1.807) is 60.0 Å². The van der Waals surface area contributed by atoms with Crippen LogP contribution in [-0.4, -0.2) is 65.5 Å². The minimum atomic E-state index is -1.52. The van der Waals surface area contributed by atoms with E-state index in [-0.39, 0.29) is 36.4 Å². The van der Waals surface area contributed by atoms with Gasteiger partial charge in [-0.1, -0.05) is 54.4 Å². The Hall–Kier alpha value is -2.99. The molecule has 10 nitrogen and oxygen atoms in total. The van der Waals surface area contributed by atoms with Crippen molar-refractivity contribution in [2.24, 2.45) is 0 Å². The summed E-state index contributed by atoms with van der Waals surface area (Å²) in [5.41, 5.74) is 0.316. The summed E-state index contributed by atoms with van der Waals surface area (Å²) in [5.74, 6) is 0.0390. The second-order valence-corrected chi connectivity index (χ2v) is 10.9. The van der Waals surface area contributed by atoms with Gasteiger partial charge in [0.05, 0.1) is 25.0 Å². The van der Waals surface area contributed by atoms with Crippen LogP contribution in [-0.2, 0) is 10.4 Å². The topological polar surface area (TPSA) is 145 Å². The van der Waals surface area contributed by atoms with Gasteiger partial charge in [-0.15, -0.1) is 0 Å². The van der Waals surface area contributed by atoms with Gasteiger partial charge in [0.1, 0.15) is 17.8 Å². The highest BCUT2D eigenvalue weighted by molar-refractivity contribution is 6.31. The fourth-order valence-electron chi connectivity index (χ4n) is 5.03. The van der Waals surface area contributed by atoms with Crippen LogP contribution in [0, 0.1) is 0 Å². The Balaban J connectivity index is 1.47. The largest absolute Gasteiger partial charge is 0.388 e. The summed E-state index contributed by atoms with van der Waals surface area (Å²) in [6.07, 6.45) is -0.340. The summed E-state index contributed by atoms with van der Waals surface area (Å²) in [6, 6.07) is 12.4. The Bertz CT molecular complexity index is 1470. The number of fused-ring (bicyclic) bond motifs is 1. The number of benzene rings is 2. The minimum Gasteiger partial charge on any atom is -0.388 e. The Kier molecular flexibility index (Phi) is 8.19. The molecular formula is C27H27Cl3N6O4. The number of nitrogens with one attached hydrogen (secondary N) is 2. The molecule has 1 saturated carbocycles. The van der Waals surface area contributed by atoms with Crippen LogP contribution in [0.15, 0.2) is 54.9 Å². The van der Waals surface area contributed by atoms with Gasteiger partial charge in [-0.3, -0.25) is 4.79 Å². The van der Waals surface area contributed by atoms with E-state index in [9.17, 15) is 20.1 Å². The smallest absolute Gasteiger partial charge is 0.226 e. The lowest BCUT2D eigenvalue weighted by Gasteiger charge is -2.30. The van der Waals surface area contributed by atoms with E-state index in [2.05, 4.69) is 25.6 Å². The van der Waals surface area contributed by atoms with Crippen molar-refractivity contribution in [1.29, 1.82) is 0 Å². The molecule has 0 bridgehead atoms. The van der Waals surface area contributed by atoms with Crippen molar-refractivity contribution in [3.8, 4) is 0 Å². The molecule has 1 amide bonds. The van der Waals surface area contributed by atoms with Crippen molar-refractivity contribution < 1.29 is 20.1 Å². The van der Waals surface area contributed by atoms with E-state index in [1.807, 2.05) is 0 Å². The molecule has 2 heterocycles. The first-order valence-corrected chi connectivity index (χ1v) is 13.8. The lowest BCUT2D eigenvalue weighted by Crippen LogP contribution is -2.42. The number of aliphatic hydroxyl groups is 3. The van der Waals surface area contributed by atoms with Crippen LogP contribution in [0.25, 0.3) is 11.2 Å². The summed E-state index contributed by atoms with van der Waals surface area (Å²) in [4.78, 5) is 25.0. The number of anilines is 1. The van der Waals surface area contributed by atoms with Crippen molar-refractivity contribution in [3.63, 3.8) is 0 Å². The van der Waals surface area contributed by atoms with Crippen molar-refractivity contribution in [2.45, 2.75) is 49.7 Å². The van der Waals surface area contributed by atoms with Crippen molar-refractivity contribution in [1.82, 2.24) is 24.8 Å². The third kappa shape index (κ3) is 5.47. The zero-order valence-electron chi connectivity index (χ0n) is 21.3. The highest BCUT2D eigenvalue weighted by Gasteiger charge is 2.44. The number of hydrogen-bond donors (Lipinski definition) is 5. The lowest BCUT2D eigenvalue weighted by atomic mass is 9.86. The molecule has 0 unspecified atom stereocenters. The molecule has 0 radical (unpaired) electrons. The molecule has 0 saturated heterocycles. The molecule has 13 heteroatoms. The average molecular weight is 606 g/mol. The normalized spacial score (nSPS) is 21.1. The predicted molar refractivity (Wildman–Crippen MR) is 153 cm³/mol. The number of hydrogen-bond acceptors (Lipinski definition) is 8. The van der Waals surface area contributed by atoms with Gasteiger partial charge in [0, 0.05) is 16.5 Å². The summed E-state index contributed by atoms with van der Waals surface area (Å²) >= 11 is 18.5. The Morgan fingerprint density at radius 1 is 1.00 bits per heavy atom. The molecule has 40 heavy (non-hydrogen) atoms. The van der Waals surface area contributed by atoms with Crippen molar-refractivity contribution >= 4 is 57.7 Å². The molecule has 210 valence electrons. The molecule has 0 aliphatic heterocycles. The summed E-state index contributed by atoms with van der Waals surface area (Å²) in [6.45, 7) is 1.68. The fourth-order valence-corrected chi connectivity index (χ4v) is 5.44. The van der Waals surface area contributed by atoms with Gasteiger partial charge in [-0.05, 0) is 53.4 Å². The number of amides is 1. The summed E-state index contributed by atoms with van der Waals surface area (Å²) < 4.78 is 1.62. The molecule has 2 aromatic heterocycles. The molecule has 0 spiro atoms. The first kappa shape index (κ1) is 28.5. The molecule has 5 rings (SSSR count). The summed E-state index contributed by atoms with van der Waals surface area (Å²) in [7, 11) is 0. The van der Waals surface area contributed by atoms with Gasteiger partial charge in [-0.2, -0.15) is 9.97 Å². The predicted octanol–water partition coefficient (Wildman–Crippen LogP) is 3.70. The van der Waals surface area contributed by atoms with Gasteiger partial charge in [0.15, 0.2) is 17.0 Å². The van der Waals surface area contributed by atoms with Crippen LogP contribution in [0.1, 0.15) is 36.9 Å². The number of aliphatic hydroxyl groups excluding tert-OH is 2. The molecule has 1 aliphatic rings. The highest BCUT2D eigenvalue weighted by Crippen LogP contribution is 2.36. The van der Waals surface area contributed by atoms with Crippen LogP contribution in [0.2, 0.25) is 15.3 Å². The fraction of sp³-hybridized carbons (Fsp3) is 0.333. The molecule has 2 aromatic carbocycles. The number of carbonyl (C=O) groups excluding carboxylic acids is 1. The Morgan fingerprint density at radius 2 is 1.60 bits per heavy atom. The second-order valence-electron chi connectivity index (χ2n) is 9.70. The minimum absolute atomic E-state index is 0.0263. The van der Waals surface area contributed by atoms with Gasteiger partial charge >= 0.3 is 0 Å². The van der Waals surface area contributed by atoms with E-state index < -0.39 is 29.9 Å². The zero-order chi connectivity index (χ0) is 28.6. The third-order valence-corrected chi connectivity index (χ3v) is 7.90. The van der Waals surface area contributed by atoms with Crippen LogP contribution in [0.3, 0.4) is 0 Å². The SMILES string of the molecule is CCC(=O)N[C@H]1C[C@@H](n2cnc3c(NCC(O)(c4ccc(Cl)cc4)c4ccc(Cl)cc4)nc(Cl)nc32)[C@H](O)[C@@H]1O. The number of rotatable bonds is 8. The molecule has 4 aromatic rings. The van der Waals surface area contributed by atoms with Crippen LogP contribution >= 0.6 is 34.8 Å².